The summed E-state index contributed by atoms with van der Waals surface area (Å²) in [5, 5.41) is 0. The number of hydrogen-bond donors (Lipinski definition) is 0. The Hall–Kier alpha value is -0.670. The van der Waals surface area contributed by atoms with Crippen molar-refractivity contribution in [1.82, 2.24) is 0 Å². The lowest BCUT2D eigenvalue weighted by atomic mass is 10.1. The minimum absolute atomic E-state index is 0.167. The van der Waals surface area contributed by atoms with Crippen molar-refractivity contribution in [2.45, 2.75) is 50.2 Å². The van der Waals surface area contributed by atoms with Crippen molar-refractivity contribution in [3.63, 3.8) is 0 Å². The highest BCUT2D eigenvalue weighted by Gasteiger charge is 2.21. The van der Waals surface area contributed by atoms with Gasteiger partial charge in [-0.1, -0.05) is 17.7 Å². The lowest BCUT2D eigenvalue weighted by Gasteiger charge is -2.27. The second-order valence-electron chi connectivity index (χ2n) is 4.82. The highest BCUT2D eigenvalue weighted by atomic mass is 32.2. The predicted molar refractivity (Wildman–Crippen MR) is 70.6 cm³/mol. The van der Waals surface area contributed by atoms with E-state index in [1.54, 1.807) is 0 Å². The molecule has 1 fully saturated rings. The van der Waals surface area contributed by atoms with Crippen LogP contribution >= 0.6 is 0 Å². The molecule has 0 amide bonds. The molecule has 0 aliphatic carbocycles. The standard InChI is InChI=1S/C14H20O2S/c1-11-6-8-14(9-7-11)17(15)10-13-5-3-4-12(2)16-13/h6-9,12-13H,3-5,10H2,1-2H3/t12-,13-,17?/m1/s1. The van der Waals surface area contributed by atoms with E-state index in [9.17, 15) is 4.21 Å². The van der Waals surface area contributed by atoms with E-state index >= 15 is 0 Å². The van der Waals surface area contributed by atoms with Gasteiger partial charge in [-0.3, -0.25) is 4.21 Å². The molecule has 1 unspecified atom stereocenters. The summed E-state index contributed by atoms with van der Waals surface area (Å²) in [5.41, 5.74) is 1.20. The van der Waals surface area contributed by atoms with Gasteiger partial charge < -0.3 is 4.74 Å². The normalized spacial score (nSPS) is 26.7. The topological polar surface area (TPSA) is 26.3 Å². The molecule has 3 heteroatoms. The monoisotopic (exact) mass is 252 g/mol. The third-order valence-electron chi connectivity index (χ3n) is 3.18. The molecule has 1 aliphatic heterocycles. The number of hydrogen-bond acceptors (Lipinski definition) is 2. The first-order valence-electron chi connectivity index (χ1n) is 6.25. The summed E-state index contributed by atoms with van der Waals surface area (Å²) in [6, 6.07) is 7.94. The maximum absolute atomic E-state index is 12.2. The molecule has 2 rings (SSSR count). The number of rotatable bonds is 3. The van der Waals surface area contributed by atoms with Gasteiger partial charge in [0, 0.05) is 4.90 Å². The molecule has 1 aromatic rings. The summed E-state index contributed by atoms with van der Waals surface area (Å²) in [7, 11) is -0.929. The van der Waals surface area contributed by atoms with E-state index in [2.05, 4.69) is 6.92 Å². The van der Waals surface area contributed by atoms with Gasteiger partial charge in [-0.25, -0.2) is 0 Å². The van der Waals surface area contributed by atoms with Crippen LogP contribution in [0, 0.1) is 6.92 Å². The second kappa shape index (κ2) is 5.78. The fourth-order valence-electron chi connectivity index (χ4n) is 2.18. The highest BCUT2D eigenvalue weighted by molar-refractivity contribution is 7.85. The van der Waals surface area contributed by atoms with Crippen molar-refractivity contribution in [3.8, 4) is 0 Å². The first-order valence-corrected chi connectivity index (χ1v) is 7.57. The van der Waals surface area contributed by atoms with Crippen molar-refractivity contribution in [2.24, 2.45) is 0 Å². The number of ether oxygens (including phenoxy) is 1. The fraction of sp³-hybridized carbons (Fsp3) is 0.571. The van der Waals surface area contributed by atoms with Gasteiger partial charge in [0.05, 0.1) is 28.8 Å². The molecule has 0 saturated carbocycles. The Labute approximate surface area is 106 Å². The molecule has 0 N–H and O–H groups in total. The lowest BCUT2D eigenvalue weighted by molar-refractivity contribution is -0.0270. The van der Waals surface area contributed by atoms with Crippen LogP contribution in [0.4, 0.5) is 0 Å². The van der Waals surface area contributed by atoms with Gasteiger partial charge in [0.2, 0.25) is 0 Å². The van der Waals surface area contributed by atoms with Crippen molar-refractivity contribution < 1.29 is 8.95 Å². The maximum atomic E-state index is 12.2. The summed E-state index contributed by atoms with van der Waals surface area (Å²) in [5.74, 6) is 0.632. The van der Waals surface area contributed by atoms with Crippen molar-refractivity contribution in [2.75, 3.05) is 5.75 Å². The highest BCUT2D eigenvalue weighted by Crippen LogP contribution is 2.20. The Balaban J connectivity index is 1.94. The van der Waals surface area contributed by atoms with Crippen LogP contribution in [0.2, 0.25) is 0 Å². The zero-order valence-corrected chi connectivity index (χ0v) is 11.3. The molecule has 1 heterocycles. The maximum Gasteiger partial charge on any atom is 0.0697 e. The second-order valence-corrected chi connectivity index (χ2v) is 6.32. The minimum atomic E-state index is -0.929. The smallest absolute Gasteiger partial charge is 0.0697 e. The molecule has 94 valence electrons. The predicted octanol–water partition coefficient (Wildman–Crippen LogP) is 3.06. The number of benzene rings is 1. The summed E-state index contributed by atoms with van der Waals surface area (Å²) in [6.45, 7) is 4.14. The molecule has 0 bridgehead atoms. The first-order chi connectivity index (χ1) is 8.15. The van der Waals surface area contributed by atoms with E-state index in [0.29, 0.717) is 11.9 Å². The van der Waals surface area contributed by atoms with Gasteiger partial charge in [-0.2, -0.15) is 0 Å². The Bertz CT molecular complexity index is 386. The molecule has 3 atom stereocenters. The molecular weight excluding hydrogens is 232 g/mol. The van der Waals surface area contributed by atoms with Crippen LogP contribution in [0.3, 0.4) is 0 Å². The van der Waals surface area contributed by atoms with Crippen LogP contribution in [0.15, 0.2) is 29.2 Å². The van der Waals surface area contributed by atoms with Crippen LogP contribution in [0.1, 0.15) is 31.7 Å². The third kappa shape index (κ3) is 3.65. The van der Waals surface area contributed by atoms with Crippen LogP contribution < -0.4 is 0 Å². The SMILES string of the molecule is Cc1ccc(S(=O)C[C@H]2CCC[C@@H](C)O2)cc1. The summed E-state index contributed by atoms with van der Waals surface area (Å²) in [4.78, 5) is 0.914. The largest absolute Gasteiger partial charge is 0.374 e. The molecule has 1 saturated heterocycles. The van der Waals surface area contributed by atoms with Crippen LogP contribution in [-0.2, 0) is 15.5 Å². The lowest BCUT2D eigenvalue weighted by Crippen LogP contribution is -2.29. The molecule has 0 radical (unpaired) electrons. The van der Waals surface area contributed by atoms with Crippen molar-refractivity contribution >= 4 is 10.8 Å². The van der Waals surface area contributed by atoms with Gasteiger partial charge in [0.25, 0.3) is 0 Å². The van der Waals surface area contributed by atoms with Gasteiger partial charge >= 0.3 is 0 Å². The van der Waals surface area contributed by atoms with Gasteiger partial charge in [-0.15, -0.1) is 0 Å². The van der Waals surface area contributed by atoms with E-state index in [1.165, 1.54) is 12.0 Å². The Morgan fingerprint density at radius 2 is 2.00 bits per heavy atom. The van der Waals surface area contributed by atoms with Crippen LogP contribution in [0.25, 0.3) is 0 Å². The van der Waals surface area contributed by atoms with Crippen LogP contribution in [0.5, 0.6) is 0 Å². The number of aryl methyl sites for hydroxylation is 1. The van der Waals surface area contributed by atoms with Crippen LogP contribution in [-0.4, -0.2) is 22.2 Å². The Kier molecular flexibility index (Phi) is 4.35. The average Bonchev–Trinajstić information content (AvgIpc) is 2.29. The molecule has 2 nitrogen and oxygen atoms in total. The third-order valence-corrected chi connectivity index (χ3v) is 4.66. The van der Waals surface area contributed by atoms with E-state index in [0.717, 1.165) is 17.7 Å². The molecular formula is C14H20O2S. The molecule has 17 heavy (non-hydrogen) atoms. The molecule has 0 spiro atoms. The van der Waals surface area contributed by atoms with E-state index in [1.807, 2.05) is 31.2 Å². The average molecular weight is 252 g/mol. The quantitative estimate of drug-likeness (QED) is 0.826. The summed E-state index contributed by atoms with van der Waals surface area (Å²) in [6.07, 6.45) is 3.86. The molecule has 1 aliphatic rings. The Morgan fingerprint density at radius 3 is 2.65 bits per heavy atom. The zero-order chi connectivity index (χ0) is 12.3. The fourth-order valence-corrected chi connectivity index (χ4v) is 3.39. The van der Waals surface area contributed by atoms with Crippen molar-refractivity contribution in [3.05, 3.63) is 29.8 Å². The van der Waals surface area contributed by atoms with Gasteiger partial charge in [-0.05, 0) is 45.2 Å². The summed E-state index contributed by atoms with van der Waals surface area (Å²) >= 11 is 0. The van der Waals surface area contributed by atoms with Gasteiger partial charge in [0.1, 0.15) is 0 Å². The first kappa shape index (κ1) is 12.8. The van der Waals surface area contributed by atoms with E-state index in [-0.39, 0.29) is 6.10 Å². The Morgan fingerprint density at radius 1 is 1.29 bits per heavy atom. The molecule has 1 aromatic carbocycles. The van der Waals surface area contributed by atoms with E-state index in [4.69, 9.17) is 4.74 Å². The molecule has 0 aromatic heterocycles. The van der Waals surface area contributed by atoms with Crippen molar-refractivity contribution in [1.29, 1.82) is 0 Å². The minimum Gasteiger partial charge on any atom is -0.374 e. The summed E-state index contributed by atoms with van der Waals surface area (Å²) < 4.78 is 18.0. The zero-order valence-electron chi connectivity index (χ0n) is 10.5. The van der Waals surface area contributed by atoms with Gasteiger partial charge in [0.15, 0.2) is 0 Å². The van der Waals surface area contributed by atoms with E-state index < -0.39 is 10.8 Å².